The lowest BCUT2D eigenvalue weighted by atomic mass is 9.84. The number of aryl methyl sites for hydroxylation is 1. The van der Waals surface area contributed by atoms with E-state index in [-0.39, 0.29) is 5.75 Å². The highest BCUT2D eigenvalue weighted by atomic mass is 16.3. The summed E-state index contributed by atoms with van der Waals surface area (Å²) in [4.78, 5) is 0. The normalized spacial score (nSPS) is 23.3. The molecule has 2 atom stereocenters. The lowest BCUT2D eigenvalue weighted by Crippen LogP contribution is -2.49. The zero-order valence-corrected chi connectivity index (χ0v) is 17.4. The number of benzene rings is 1. The Morgan fingerprint density at radius 3 is 2.58 bits per heavy atom. The fourth-order valence-corrected chi connectivity index (χ4v) is 5.18. The molecule has 0 amide bonds. The zero-order valence-electron chi connectivity index (χ0n) is 17.4. The maximum Gasteiger partial charge on any atom is 0.180 e. The van der Waals surface area contributed by atoms with E-state index in [1.165, 1.54) is 19.3 Å². The van der Waals surface area contributed by atoms with Gasteiger partial charge in [0.2, 0.25) is 0 Å². The molecule has 3 aromatic heterocycles. The van der Waals surface area contributed by atoms with Crippen molar-refractivity contribution in [3.8, 4) is 28.1 Å². The van der Waals surface area contributed by atoms with Crippen LogP contribution in [-0.4, -0.2) is 46.9 Å². The van der Waals surface area contributed by atoms with Gasteiger partial charge in [-0.3, -0.25) is 4.68 Å². The Hall–Kier alpha value is -3.26. The summed E-state index contributed by atoms with van der Waals surface area (Å²) < 4.78 is 3.80. The number of aromatic hydroxyl groups is 1. The van der Waals surface area contributed by atoms with Crippen LogP contribution < -0.4 is 5.32 Å². The van der Waals surface area contributed by atoms with Gasteiger partial charge in [0.1, 0.15) is 5.75 Å². The molecule has 2 bridgehead atoms. The number of hydrogen-bond donors (Lipinski definition) is 2. The lowest BCUT2D eigenvalue weighted by Gasteiger charge is -2.40. The number of phenols is 1. The van der Waals surface area contributed by atoms with Crippen LogP contribution in [0.1, 0.15) is 38.1 Å². The molecule has 0 saturated carbocycles. The molecule has 8 heteroatoms. The lowest BCUT2D eigenvalue weighted by molar-refractivity contribution is 0.182. The number of fused-ring (bicyclic) bond motifs is 3. The van der Waals surface area contributed by atoms with E-state index in [0.29, 0.717) is 29.4 Å². The minimum absolute atomic E-state index is 0.175. The minimum atomic E-state index is 0.175. The first-order valence-electron chi connectivity index (χ1n) is 10.9. The van der Waals surface area contributed by atoms with Crippen LogP contribution in [-0.2, 0) is 7.05 Å². The molecule has 158 valence electrons. The van der Waals surface area contributed by atoms with Gasteiger partial charge in [-0.05, 0) is 49.4 Å². The molecule has 8 nitrogen and oxygen atoms in total. The highest BCUT2D eigenvalue weighted by molar-refractivity contribution is 5.81. The van der Waals surface area contributed by atoms with Crippen molar-refractivity contribution in [2.24, 2.45) is 7.05 Å². The molecule has 4 aromatic rings. The summed E-state index contributed by atoms with van der Waals surface area (Å²) in [6.45, 7) is 0. The number of phenolic OH excluding ortho intramolecular Hbond substituents is 1. The molecule has 2 aliphatic heterocycles. The van der Waals surface area contributed by atoms with Gasteiger partial charge in [0, 0.05) is 41.8 Å². The molecule has 2 N–H and O–H groups in total. The van der Waals surface area contributed by atoms with Gasteiger partial charge >= 0.3 is 0 Å². The number of hydrogen-bond acceptors (Lipinski definition) is 6. The van der Waals surface area contributed by atoms with Crippen molar-refractivity contribution in [3.05, 3.63) is 42.9 Å². The van der Waals surface area contributed by atoms with Crippen molar-refractivity contribution in [3.63, 3.8) is 0 Å². The summed E-state index contributed by atoms with van der Waals surface area (Å²) in [6, 6.07) is 9.09. The first-order valence-corrected chi connectivity index (χ1v) is 10.9. The van der Waals surface area contributed by atoms with Crippen LogP contribution in [0, 0.1) is 0 Å². The van der Waals surface area contributed by atoms with Gasteiger partial charge in [-0.2, -0.15) is 10.2 Å². The molecule has 0 radical (unpaired) electrons. The van der Waals surface area contributed by atoms with Crippen LogP contribution in [0.5, 0.6) is 5.75 Å². The molecule has 31 heavy (non-hydrogen) atoms. The summed E-state index contributed by atoms with van der Waals surface area (Å²) in [7, 11) is 1.87. The largest absolute Gasteiger partial charge is 0.507 e. The Bertz CT molecular complexity index is 1250. The molecule has 6 rings (SSSR count). The van der Waals surface area contributed by atoms with Crippen LogP contribution in [0.4, 0.5) is 0 Å². The zero-order chi connectivity index (χ0) is 20.9. The SMILES string of the molecule is Cn1cc(-c2ccc(-c3cc4cnn(C5CC6CCCC(C5)N6)c4nn3)c(O)c2)cn1. The van der Waals surface area contributed by atoms with Crippen LogP contribution in [0.2, 0.25) is 0 Å². The summed E-state index contributed by atoms with van der Waals surface area (Å²) in [6.07, 6.45) is 11.6. The predicted octanol–water partition coefficient (Wildman–Crippen LogP) is 3.45. The van der Waals surface area contributed by atoms with Crippen LogP contribution >= 0.6 is 0 Å². The van der Waals surface area contributed by atoms with Crippen LogP contribution in [0.25, 0.3) is 33.4 Å². The smallest absolute Gasteiger partial charge is 0.180 e. The third-order valence-electron chi connectivity index (χ3n) is 6.69. The molecular weight excluding hydrogens is 390 g/mol. The Kier molecular flexibility index (Phi) is 4.27. The monoisotopic (exact) mass is 415 g/mol. The van der Waals surface area contributed by atoms with Crippen molar-refractivity contribution >= 4 is 11.0 Å². The maximum absolute atomic E-state index is 10.7. The van der Waals surface area contributed by atoms with Crippen molar-refractivity contribution in [1.82, 2.24) is 35.1 Å². The predicted molar refractivity (Wildman–Crippen MR) is 117 cm³/mol. The van der Waals surface area contributed by atoms with E-state index in [2.05, 4.69) is 30.4 Å². The fraction of sp³-hybridized carbons (Fsp3) is 0.391. The minimum Gasteiger partial charge on any atom is -0.507 e. The second-order valence-corrected chi connectivity index (χ2v) is 8.85. The molecule has 2 unspecified atom stereocenters. The van der Waals surface area contributed by atoms with Crippen molar-refractivity contribution < 1.29 is 5.11 Å². The quantitative estimate of drug-likeness (QED) is 0.532. The average molecular weight is 416 g/mol. The number of nitrogens with one attached hydrogen (secondary N) is 1. The average Bonchev–Trinajstić information content (AvgIpc) is 3.39. The maximum atomic E-state index is 10.7. The van der Waals surface area contributed by atoms with Gasteiger partial charge < -0.3 is 10.4 Å². The Balaban J connectivity index is 1.31. The Labute approximate surface area is 179 Å². The van der Waals surface area contributed by atoms with E-state index in [0.717, 1.165) is 35.0 Å². The molecule has 2 saturated heterocycles. The van der Waals surface area contributed by atoms with Crippen molar-refractivity contribution in [2.45, 2.75) is 50.2 Å². The summed E-state index contributed by atoms with van der Waals surface area (Å²) in [5, 5.41) is 33.2. The number of piperidine rings is 2. The first kappa shape index (κ1) is 18.5. The number of nitrogens with zero attached hydrogens (tertiary/aromatic N) is 6. The van der Waals surface area contributed by atoms with Crippen LogP contribution in [0.3, 0.4) is 0 Å². The highest BCUT2D eigenvalue weighted by Crippen LogP contribution is 2.36. The van der Waals surface area contributed by atoms with Gasteiger partial charge in [-0.15, -0.1) is 10.2 Å². The van der Waals surface area contributed by atoms with Crippen LogP contribution in [0.15, 0.2) is 42.9 Å². The van der Waals surface area contributed by atoms with Crippen molar-refractivity contribution in [2.75, 3.05) is 0 Å². The number of aromatic nitrogens is 6. The van der Waals surface area contributed by atoms with E-state index >= 15 is 0 Å². The van der Waals surface area contributed by atoms with E-state index in [9.17, 15) is 5.11 Å². The van der Waals surface area contributed by atoms with Gasteiger partial charge in [0.05, 0.1) is 24.1 Å². The van der Waals surface area contributed by atoms with E-state index in [1.54, 1.807) is 16.9 Å². The summed E-state index contributed by atoms with van der Waals surface area (Å²) in [5.41, 5.74) is 3.99. The van der Waals surface area contributed by atoms with E-state index < -0.39 is 0 Å². The first-order chi connectivity index (χ1) is 15.1. The van der Waals surface area contributed by atoms with Gasteiger partial charge in [0.25, 0.3) is 0 Å². The molecule has 1 aromatic carbocycles. The molecule has 0 aliphatic carbocycles. The molecular formula is C23H25N7O. The number of rotatable bonds is 3. The van der Waals surface area contributed by atoms with E-state index in [4.69, 9.17) is 0 Å². The van der Waals surface area contributed by atoms with Gasteiger partial charge in [0.15, 0.2) is 5.65 Å². The molecule has 5 heterocycles. The Morgan fingerprint density at radius 2 is 1.84 bits per heavy atom. The van der Waals surface area contributed by atoms with E-state index in [1.807, 2.05) is 37.6 Å². The van der Waals surface area contributed by atoms with Gasteiger partial charge in [-0.25, -0.2) is 4.68 Å². The Morgan fingerprint density at radius 1 is 1.00 bits per heavy atom. The second kappa shape index (κ2) is 7.16. The summed E-state index contributed by atoms with van der Waals surface area (Å²) in [5.74, 6) is 0.175. The standard InChI is InChI=1S/C23H25N7O/c1-29-13-16(12-24-29)14-5-6-20(22(31)8-14)21-7-15-11-25-30(23(15)28-27-21)19-9-17-3-2-4-18(10-19)26-17/h5-8,11-13,17-19,26,31H,2-4,9-10H2,1H3. The molecule has 0 spiro atoms. The third-order valence-corrected chi connectivity index (χ3v) is 6.69. The van der Waals surface area contributed by atoms with Gasteiger partial charge in [-0.1, -0.05) is 12.5 Å². The second-order valence-electron chi connectivity index (χ2n) is 8.85. The highest BCUT2D eigenvalue weighted by Gasteiger charge is 2.33. The molecule has 2 fully saturated rings. The fourth-order valence-electron chi connectivity index (χ4n) is 5.18. The topological polar surface area (TPSA) is 93.7 Å². The third kappa shape index (κ3) is 3.27. The molecule has 2 aliphatic rings. The van der Waals surface area contributed by atoms with Crippen molar-refractivity contribution in [1.29, 1.82) is 0 Å². The summed E-state index contributed by atoms with van der Waals surface area (Å²) >= 11 is 0.